The molecule has 4 bridgehead atoms. The third-order valence-corrected chi connectivity index (χ3v) is 7.38. The molecule has 2 atom stereocenters. The lowest BCUT2D eigenvalue weighted by Gasteiger charge is -2.60. The second-order valence-corrected chi connectivity index (χ2v) is 10.8. The van der Waals surface area contributed by atoms with Gasteiger partial charge in [-0.2, -0.15) is 10.4 Å². The van der Waals surface area contributed by atoms with E-state index in [0.717, 1.165) is 37.9 Å². The molecule has 34 heavy (non-hydrogen) atoms. The number of pyridine rings is 1. The van der Waals surface area contributed by atoms with Gasteiger partial charge in [0.15, 0.2) is 0 Å². The van der Waals surface area contributed by atoms with Crippen molar-refractivity contribution < 1.29 is 14.9 Å². The van der Waals surface area contributed by atoms with Gasteiger partial charge in [0.05, 0.1) is 52.8 Å². The minimum Gasteiger partial charge on any atom is -0.489 e. The molecule has 0 radical (unpaired) electrons. The number of anilines is 1. The van der Waals surface area contributed by atoms with Gasteiger partial charge in [0.2, 0.25) is 0 Å². The maximum atomic E-state index is 10.9. The number of hydrogen-bond acceptors (Lipinski definition) is 8. The van der Waals surface area contributed by atoms with Crippen molar-refractivity contribution in [1.29, 1.82) is 5.26 Å². The van der Waals surface area contributed by atoms with Gasteiger partial charge in [-0.25, -0.2) is 9.50 Å². The van der Waals surface area contributed by atoms with Crippen LogP contribution >= 0.6 is 0 Å². The average Bonchev–Trinajstić information content (AvgIpc) is 3.19. The summed E-state index contributed by atoms with van der Waals surface area (Å²) in [5.41, 5.74) is 0.883. The van der Waals surface area contributed by atoms with Crippen LogP contribution in [0.2, 0.25) is 0 Å². The smallest absolute Gasteiger partial charge is 0.147 e. The van der Waals surface area contributed by atoms with Crippen LogP contribution in [-0.4, -0.2) is 59.7 Å². The Morgan fingerprint density at radius 2 is 1.94 bits per heavy atom. The van der Waals surface area contributed by atoms with Crippen LogP contribution in [0.5, 0.6) is 5.75 Å². The zero-order chi connectivity index (χ0) is 23.7. The van der Waals surface area contributed by atoms with Gasteiger partial charge >= 0.3 is 0 Å². The van der Waals surface area contributed by atoms with E-state index in [-0.39, 0.29) is 6.61 Å². The van der Waals surface area contributed by atoms with Crippen molar-refractivity contribution in [3.63, 3.8) is 0 Å². The Labute approximate surface area is 197 Å². The second kappa shape index (κ2) is 7.39. The lowest BCUT2D eigenvalue weighted by Crippen LogP contribution is -2.64. The number of nitriles is 1. The molecule has 176 valence electrons. The first-order valence-corrected chi connectivity index (χ1v) is 11.8. The molecule has 4 fully saturated rings. The summed E-state index contributed by atoms with van der Waals surface area (Å²) in [5, 5.41) is 34.8. The van der Waals surface area contributed by atoms with Crippen LogP contribution in [0.15, 0.2) is 30.9 Å². The van der Waals surface area contributed by atoms with Crippen LogP contribution in [0, 0.1) is 17.2 Å². The van der Waals surface area contributed by atoms with Crippen molar-refractivity contribution in [1.82, 2.24) is 19.6 Å². The van der Waals surface area contributed by atoms with Gasteiger partial charge in [-0.05, 0) is 57.9 Å². The first-order valence-electron chi connectivity index (χ1n) is 11.8. The number of piperidine rings is 2. The molecule has 9 nitrogen and oxygen atoms in total. The van der Waals surface area contributed by atoms with Crippen LogP contribution in [0.3, 0.4) is 0 Å². The van der Waals surface area contributed by atoms with Crippen molar-refractivity contribution >= 4 is 11.3 Å². The van der Waals surface area contributed by atoms with E-state index in [0.29, 0.717) is 46.1 Å². The van der Waals surface area contributed by atoms with E-state index in [1.54, 1.807) is 37.0 Å². The van der Waals surface area contributed by atoms with E-state index in [4.69, 9.17) is 14.7 Å². The Morgan fingerprint density at radius 3 is 2.56 bits per heavy atom. The highest BCUT2D eigenvalue weighted by Crippen LogP contribution is 2.52. The Balaban J connectivity index is 1.35. The monoisotopic (exact) mass is 460 g/mol. The molecule has 2 unspecified atom stereocenters. The summed E-state index contributed by atoms with van der Waals surface area (Å²) in [4.78, 5) is 11.9. The quantitative estimate of drug-likeness (QED) is 0.596. The van der Waals surface area contributed by atoms with Gasteiger partial charge in [-0.3, -0.25) is 4.98 Å². The molecule has 2 saturated carbocycles. The van der Waals surface area contributed by atoms with E-state index < -0.39 is 11.2 Å². The molecule has 5 heterocycles. The van der Waals surface area contributed by atoms with Crippen LogP contribution in [0.1, 0.15) is 51.5 Å². The number of nitrogens with zero attached hydrogens (tertiary/aromatic N) is 6. The van der Waals surface area contributed by atoms with Crippen molar-refractivity contribution in [3.8, 4) is 23.1 Å². The lowest BCUT2D eigenvalue weighted by molar-refractivity contribution is -0.0872. The highest BCUT2D eigenvalue weighted by atomic mass is 16.5. The number of ether oxygens (including phenoxy) is 1. The number of aromatic nitrogens is 4. The number of rotatable bonds is 5. The summed E-state index contributed by atoms with van der Waals surface area (Å²) in [7, 11) is 0. The third-order valence-electron chi connectivity index (χ3n) is 7.38. The van der Waals surface area contributed by atoms with Crippen LogP contribution in [0.4, 0.5) is 5.82 Å². The van der Waals surface area contributed by atoms with Crippen LogP contribution < -0.4 is 9.64 Å². The van der Waals surface area contributed by atoms with Crippen molar-refractivity contribution in [2.75, 3.05) is 11.5 Å². The van der Waals surface area contributed by atoms with E-state index in [1.807, 2.05) is 6.07 Å². The molecule has 4 aliphatic rings. The largest absolute Gasteiger partial charge is 0.489 e. The maximum absolute atomic E-state index is 10.9. The van der Waals surface area contributed by atoms with E-state index >= 15 is 0 Å². The molecule has 7 rings (SSSR count). The van der Waals surface area contributed by atoms with Gasteiger partial charge in [0.25, 0.3) is 0 Å². The fourth-order valence-corrected chi connectivity index (χ4v) is 6.27. The minimum absolute atomic E-state index is 0.111. The first-order chi connectivity index (χ1) is 16.2. The van der Waals surface area contributed by atoms with E-state index in [2.05, 4.69) is 16.1 Å². The number of aliphatic hydroxyl groups is 2. The molecule has 3 aromatic heterocycles. The molecule has 3 aromatic rings. The molecule has 2 saturated heterocycles. The Bertz CT molecular complexity index is 1270. The number of fused-ring (bicyclic) bond motifs is 1. The lowest BCUT2D eigenvalue weighted by atomic mass is 9.61. The zero-order valence-electron chi connectivity index (χ0n) is 19.3. The minimum atomic E-state index is -0.987. The predicted octanol–water partition coefficient (Wildman–Crippen LogP) is 2.69. The van der Waals surface area contributed by atoms with Gasteiger partial charge in [-0.15, -0.1) is 0 Å². The van der Waals surface area contributed by atoms with Crippen LogP contribution in [-0.2, 0) is 0 Å². The Hall–Kier alpha value is -3.22. The molecular formula is C25H28N6O3. The van der Waals surface area contributed by atoms with Crippen molar-refractivity contribution in [2.45, 2.75) is 69.2 Å². The average molecular weight is 461 g/mol. The van der Waals surface area contributed by atoms with Gasteiger partial charge in [0.1, 0.15) is 24.2 Å². The molecule has 2 N–H and O–H groups in total. The van der Waals surface area contributed by atoms with Crippen molar-refractivity contribution in [3.05, 3.63) is 36.4 Å². The molecular weight excluding hydrogens is 432 g/mol. The molecule has 2 aliphatic heterocycles. The first kappa shape index (κ1) is 21.3. The highest BCUT2D eigenvalue weighted by molar-refractivity contribution is 5.83. The fraction of sp³-hybridized carbons (Fsp3) is 0.520. The van der Waals surface area contributed by atoms with Gasteiger partial charge in [-0.1, -0.05) is 0 Å². The zero-order valence-corrected chi connectivity index (χ0v) is 19.3. The topological polar surface area (TPSA) is 120 Å². The highest BCUT2D eigenvalue weighted by Gasteiger charge is 2.54. The van der Waals surface area contributed by atoms with E-state index in [9.17, 15) is 15.5 Å². The van der Waals surface area contributed by atoms with E-state index in [1.165, 1.54) is 6.20 Å². The molecule has 9 heteroatoms. The normalized spacial score (nSPS) is 27.9. The Kier molecular flexibility index (Phi) is 4.63. The summed E-state index contributed by atoms with van der Waals surface area (Å²) in [6.45, 7) is 3.47. The molecule has 0 amide bonds. The van der Waals surface area contributed by atoms with Crippen molar-refractivity contribution in [2.24, 2.45) is 5.92 Å². The molecule has 0 spiro atoms. The SMILES string of the molecule is CC(C)(O)COc1cc(-c2cnc(N3C4CC5CC3CC(O)(C5)C4)cn2)c2c(C#N)cnn2c1. The van der Waals surface area contributed by atoms with Gasteiger partial charge < -0.3 is 19.8 Å². The standard InChI is InChI=1S/C25H28N6O3/c1-24(2,32)14-34-19-5-20(23-16(9-26)10-29-30(23)13-19)21-11-28-22(12-27-21)31-17-3-15-4-18(31)8-25(33,6-15)7-17/h5,10-13,15,17-18,32-33H,3-4,6-8,14H2,1-2H3. The maximum Gasteiger partial charge on any atom is 0.147 e. The summed E-state index contributed by atoms with van der Waals surface area (Å²) >= 11 is 0. The second-order valence-electron chi connectivity index (χ2n) is 10.8. The fourth-order valence-electron chi connectivity index (χ4n) is 6.27. The summed E-state index contributed by atoms with van der Waals surface area (Å²) in [6, 6.07) is 4.62. The number of hydrogen-bond donors (Lipinski definition) is 2. The van der Waals surface area contributed by atoms with Crippen LogP contribution in [0.25, 0.3) is 16.8 Å². The predicted molar refractivity (Wildman–Crippen MR) is 124 cm³/mol. The summed E-state index contributed by atoms with van der Waals surface area (Å²) < 4.78 is 7.40. The summed E-state index contributed by atoms with van der Waals surface area (Å²) in [5.74, 6) is 1.96. The van der Waals surface area contributed by atoms with Gasteiger partial charge in [0, 0.05) is 17.6 Å². The Morgan fingerprint density at radius 1 is 1.18 bits per heavy atom. The molecule has 2 aliphatic carbocycles. The third kappa shape index (κ3) is 3.58. The summed E-state index contributed by atoms with van der Waals surface area (Å²) in [6.07, 6.45) is 11.5. The molecule has 0 aromatic carbocycles.